The van der Waals surface area contributed by atoms with Crippen LogP contribution in [0, 0.1) is 11.8 Å². The molecule has 3 aliphatic rings. The van der Waals surface area contributed by atoms with Crippen LogP contribution in [0.3, 0.4) is 0 Å². The Morgan fingerprint density at radius 2 is 2.04 bits per heavy atom. The molecule has 3 aliphatic heterocycles. The number of halogens is 2. The Bertz CT molecular complexity index is 563. The summed E-state index contributed by atoms with van der Waals surface area (Å²) in [6, 6.07) is 4.07. The van der Waals surface area contributed by atoms with Gasteiger partial charge in [0.25, 0.3) is 0 Å². The van der Waals surface area contributed by atoms with Crippen LogP contribution in [0.25, 0.3) is 0 Å². The van der Waals surface area contributed by atoms with Crippen molar-refractivity contribution in [3.05, 3.63) is 21.3 Å². The Morgan fingerprint density at radius 3 is 2.61 bits per heavy atom. The first-order valence-electron chi connectivity index (χ1n) is 8.10. The molecule has 4 unspecified atom stereocenters. The van der Waals surface area contributed by atoms with Crippen LogP contribution >= 0.6 is 46.9 Å². The summed E-state index contributed by atoms with van der Waals surface area (Å²) in [7, 11) is 1.88. The molecule has 128 valence electrons. The monoisotopic (exact) mass is 467 g/mol. The molecule has 7 heteroatoms. The van der Waals surface area contributed by atoms with Crippen LogP contribution < -0.4 is 5.32 Å². The van der Waals surface area contributed by atoms with E-state index >= 15 is 0 Å². The van der Waals surface area contributed by atoms with Crippen LogP contribution in [-0.2, 0) is 11.2 Å². The Balaban J connectivity index is 0.00000156. The number of fused-ring (bicyclic) bond motifs is 5. The first-order chi connectivity index (χ1) is 10.7. The average Bonchev–Trinajstić information content (AvgIpc) is 3.25. The molecular weight excluding hydrogens is 445 g/mol. The van der Waals surface area contributed by atoms with E-state index < -0.39 is 0 Å². The third-order valence-electron chi connectivity index (χ3n) is 5.25. The molecule has 0 aromatic carbocycles. The molecule has 1 aromatic heterocycles. The summed E-state index contributed by atoms with van der Waals surface area (Å²) in [5, 5.41) is 3.51. The normalized spacial score (nSPS) is 32.1. The number of rotatable bonds is 3. The second kappa shape index (κ2) is 7.45. The summed E-state index contributed by atoms with van der Waals surface area (Å²) in [5.41, 5.74) is 0. The van der Waals surface area contributed by atoms with Gasteiger partial charge >= 0.3 is 0 Å². The van der Waals surface area contributed by atoms with Crippen LogP contribution in [0.15, 0.2) is 17.1 Å². The van der Waals surface area contributed by atoms with Gasteiger partial charge in [0.2, 0.25) is 0 Å². The van der Waals surface area contributed by atoms with Crippen LogP contribution in [0.4, 0.5) is 0 Å². The number of hydrogen-bond donors (Lipinski definition) is 1. The van der Waals surface area contributed by atoms with Crippen molar-refractivity contribution >= 4 is 52.9 Å². The lowest BCUT2D eigenvalue weighted by Crippen LogP contribution is -2.42. The molecule has 1 N–H and O–H groups in total. The molecular formula is C16H23ClIN3OS. The minimum Gasteiger partial charge on any atom is -0.374 e. The van der Waals surface area contributed by atoms with Crippen molar-refractivity contribution < 1.29 is 4.74 Å². The van der Waals surface area contributed by atoms with E-state index in [0.717, 1.165) is 36.4 Å². The Kier molecular flexibility index (Phi) is 5.76. The molecule has 3 saturated heterocycles. The molecule has 0 radical (unpaired) electrons. The summed E-state index contributed by atoms with van der Waals surface area (Å²) >= 11 is 7.63. The molecule has 3 fully saturated rings. The predicted molar refractivity (Wildman–Crippen MR) is 106 cm³/mol. The van der Waals surface area contributed by atoms with E-state index in [0.29, 0.717) is 24.0 Å². The summed E-state index contributed by atoms with van der Waals surface area (Å²) in [6.07, 6.45) is 4.51. The highest BCUT2D eigenvalue weighted by Gasteiger charge is 2.53. The standard InChI is InChI=1S/C16H22ClN3OS.HI/c1-18-16(19-7-6-10-2-5-15(17)22-10)20-8-11-12(9-20)14-4-3-13(11)21-14;/h2,5,11-14H,3-4,6-9H2,1H3,(H,18,19);1H. The third-order valence-corrected chi connectivity index (χ3v) is 6.54. The summed E-state index contributed by atoms with van der Waals surface area (Å²) in [4.78, 5) is 8.21. The SMILES string of the molecule is CN=C(NCCc1ccc(Cl)s1)N1CC2C3CCC(O3)C2C1.I. The van der Waals surface area contributed by atoms with Gasteiger partial charge in [0.15, 0.2) is 5.96 Å². The van der Waals surface area contributed by atoms with Gasteiger partial charge in [-0.15, -0.1) is 35.3 Å². The zero-order chi connectivity index (χ0) is 15.1. The van der Waals surface area contributed by atoms with E-state index in [-0.39, 0.29) is 24.0 Å². The van der Waals surface area contributed by atoms with Gasteiger partial charge in [-0.05, 0) is 31.4 Å². The van der Waals surface area contributed by atoms with Crippen molar-refractivity contribution in [1.82, 2.24) is 10.2 Å². The van der Waals surface area contributed by atoms with E-state index in [4.69, 9.17) is 16.3 Å². The lowest BCUT2D eigenvalue weighted by molar-refractivity contribution is 0.0767. The van der Waals surface area contributed by atoms with E-state index in [9.17, 15) is 0 Å². The highest BCUT2D eigenvalue weighted by Crippen LogP contribution is 2.47. The van der Waals surface area contributed by atoms with Crippen molar-refractivity contribution in [3.63, 3.8) is 0 Å². The molecule has 4 atom stereocenters. The van der Waals surface area contributed by atoms with E-state index in [1.807, 2.05) is 13.1 Å². The van der Waals surface area contributed by atoms with Crippen LogP contribution in [0.2, 0.25) is 4.34 Å². The molecule has 23 heavy (non-hydrogen) atoms. The maximum absolute atomic E-state index is 6.04. The topological polar surface area (TPSA) is 36.9 Å². The maximum atomic E-state index is 6.04. The number of guanidine groups is 1. The van der Waals surface area contributed by atoms with Crippen LogP contribution in [-0.4, -0.2) is 49.7 Å². The number of hydrogen-bond acceptors (Lipinski definition) is 3. The van der Waals surface area contributed by atoms with E-state index in [2.05, 4.69) is 21.3 Å². The predicted octanol–water partition coefficient (Wildman–Crippen LogP) is 3.25. The van der Waals surface area contributed by atoms with Gasteiger partial charge in [0.1, 0.15) is 0 Å². The molecule has 0 saturated carbocycles. The lowest BCUT2D eigenvalue weighted by atomic mass is 9.82. The number of ether oxygens (including phenoxy) is 1. The Morgan fingerprint density at radius 1 is 1.35 bits per heavy atom. The molecule has 2 bridgehead atoms. The zero-order valence-corrected chi connectivity index (χ0v) is 17.1. The van der Waals surface area contributed by atoms with Gasteiger partial charge in [-0.1, -0.05) is 11.6 Å². The van der Waals surface area contributed by atoms with Crippen molar-refractivity contribution in [3.8, 4) is 0 Å². The van der Waals surface area contributed by atoms with Crippen LogP contribution in [0.1, 0.15) is 17.7 Å². The first-order valence-corrected chi connectivity index (χ1v) is 9.29. The van der Waals surface area contributed by atoms with Gasteiger partial charge in [0.05, 0.1) is 16.5 Å². The highest BCUT2D eigenvalue weighted by atomic mass is 127. The number of thiophene rings is 1. The fourth-order valence-electron chi connectivity index (χ4n) is 4.25. The fourth-order valence-corrected chi connectivity index (χ4v) is 5.34. The zero-order valence-electron chi connectivity index (χ0n) is 13.2. The number of nitrogens with zero attached hydrogens (tertiary/aromatic N) is 2. The Hall–Kier alpha value is -0.0500. The number of likely N-dealkylation sites (tertiary alicyclic amines) is 1. The van der Waals surface area contributed by atoms with Crippen molar-refractivity contribution in [2.45, 2.75) is 31.5 Å². The summed E-state index contributed by atoms with van der Waals surface area (Å²) in [6.45, 7) is 3.09. The molecule has 4 rings (SSSR count). The largest absolute Gasteiger partial charge is 0.374 e. The molecule has 0 aliphatic carbocycles. The van der Waals surface area contributed by atoms with E-state index in [1.165, 1.54) is 17.7 Å². The Labute approximate surface area is 163 Å². The second-order valence-corrected chi connectivity index (χ2v) is 8.25. The van der Waals surface area contributed by atoms with Crippen molar-refractivity contribution in [2.75, 3.05) is 26.7 Å². The average molecular weight is 468 g/mol. The van der Waals surface area contributed by atoms with Crippen molar-refractivity contribution in [2.24, 2.45) is 16.8 Å². The van der Waals surface area contributed by atoms with Gasteiger partial charge < -0.3 is 15.0 Å². The smallest absolute Gasteiger partial charge is 0.193 e. The second-order valence-electron chi connectivity index (χ2n) is 6.45. The van der Waals surface area contributed by atoms with Gasteiger partial charge in [-0.2, -0.15) is 0 Å². The fraction of sp³-hybridized carbons (Fsp3) is 0.688. The molecule has 4 heterocycles. The summed E-state index contributed by atoms with van der Waals surface area (Å²) in [5.74, 6) is 2.47. The summed E-state index contributed by atoms with van der Waals surface area (Å²) < 4.78 is 6.91. The maximum Gasteiger partial charge on any atom is 0.193 e. The van der Waals surface area contributed by atoms with Crippen molar-refractivity contribution in [1.29, 1.82) is 0 Å². The minimum atomic E-state index is 0. The molecule has 4 nitrogen and oxygen atoms in total. The van der Waals surface area contributed by atoms with Gasteiger partial charge in [-0.25, -0.2) is 0 Å². The number of nitrogens with one attached hydrogen (secondary N) is 1. The quantitative estimate of drug-likeness (QED) is 0.421. The van der Waals surface area contributed by atoms with E-state index in [1.54, 1.807) is 11.3 Å². The molecule has 0 amide bonds. The lowest BCUT2D eigenvalue weighted by Gasteiger charge is -2.23. The molecule has 1 aromatic rings. The van der Waals surface area contributed by atoms with Gasteiger partial charge in [0, 0.05) is 43.4 Å². The van der Waals surface area contributed by atoms with Gasteiger partial charge in [-0.3, -0.25) is 4.99 Å². The molecule has 0 spiro atoms. The number of aliphatic imine (C=N–C) groups is 1. The third kappa shape index (κ3) is 3.50. The minimum absolute atomic E-state index is 0. The highest BCUT2D eigenvalue weighted by molar-refractivity contribution is 14.0. The first kappa shape index (κ1) is 17.8. The van der Waals surface area contributed by atoms with Crippen LogP contribution in [0.5, 0.6) is 0 Å².